The molecule has 0 aliphatic carbocycles. The lowest BCUT2D eigenvalue weighted by atomic mass is 9.87. The van der Waals surface area contributed by atoms with Crippen molar-refractivity contribution in [1.82, 2.24) is 30.2 Å². The van der Waals surface area contributed by atoms with Crippen LogP contribution >= 0.6 is 46.6 Å². The molecule has 30 heteroatoms. The Bertz CT molecular complexity index is 2490. The van der Waals surface area contributed by atoms with Gasteiger partial charge in [-0.15, -0.1) is 11.3 Å². The van der Waals surface area contributed by atoms with Gasteiger partial charge in [-0.3, -0.25) is 37.3 Å². The zero-order chi connectivity index (χ0) is 47.9. The van der Waals surface area contributed by atoms with E-state index < -0.39 is 90.5 Å². The fourth-order valence-electron chi connectivity index (χ4n) is 5.96. The molecule has 0 saturated carbocycles. The number of thioether (sulfide) groups is 1. The zero-order valence-corrected chi connectivity index (χ0v) is 38.8. The smallest absolute Gasteiger partial charge is 0.386 e. The summed E-state index contributed by atoms with van der Waals surface area (Å²) in [6.07, 6.45) is -7.05. The number of ether oxygens (including phenoxy) is 1. The van der Waals surface area contributed by atoms with Crippen molar-refractivity contribution < 1.29 is 85.3 Å². The molecule has 25 nitrogen and oxygen atoms in total. The normalized spacial score (nSPS) is 20.7. The second-order valence-corrected chi connectivity index (χ2v) is 21.3. The third-order valence-electron chi connectivity index (χ3n) is 9.41. The van der Waals surface area contributed by atoms with Gasteiger partial charge < -0.3 is 50.9 Å². The Hall–Kier alpha value is -3.85. The molecule has 0 radical (unpaired) electrons. The number of anilines is 1. The third kappa shape index (κ3) is 14.3. The minimum absolute atomic E-state index is 0.0229. The van der Waals surface area contributed by atoms with Gasteiger partial charge in [-0.2, -0.15) is 4.31 Å². The van der Waals surface area contributed by atoms with Crippen molar-refractivity contribution in [3.8, 4) is 0 Å². The molecule has 0 bridgehead atoms. The molecule has 1 aromatic carbocycles. The van der Waals surface area contributed by atoms with Gasteiger partial charge in [0.05, 0.1) is 30.3 Å². The lowest BCUT2D eigenvalue weighted by Gasteiger charge is -2.30. The molecular formula is C35H46N7O18P3S2. The monoisotopic (exact) mass is 1010 g/mol. The van der Waals surface area contributed by atoms with Crippen molar-refractivity contribution in [2.24, 2.45) is 5.41 Å². The second kappa shape index (κ2) is 21.8. The number of phosphoric acid groups is 3. The first-order valence-electron chi connectivity index (χ1n) is 19.1. The Morgan fingerprint density at radius 3 is 2.37 bits per heavy atom. The number of hydrogen-bond acceptors (Lipinski definition) is 20. The average molecular weight is 1010 g/mol. The fraction of sp³-hybridized carbons (Fsp3) is 0.457. The number of benzene rings is 1. The number of ketones is 1. The minimum atomic E-state index is -5.60. The van der Waals surface area contributed by atoms with Crippen molar-refractivity contribution in [3.05, 3.63) is 70.4 Å². The number of nitrogen functional groups attached to an aromatic ring is 1. The number of fused-ring (bicyclic) bond motifs is 1. The van der Waals surface area contributed by atoms with Gasteiger partial charge in [0.25, 0.3) is 0 Å². The SMILES string of the molecule is CC(C(=O)SCCNC(=O)CCNC(=O)C(O)C(C)(C)COP(=O)(O)OP(=O)(O)OCC1OC(n2cnc3c(N)ncnc32)C(O)C1OP(=O)(O)O)c1ccc(C(=O)c2ccccc2)s1. The Labute approximate surface area is 377 Å². The van der Waals surface area contributed by atoms with Crippen LogP contribution in [-0.4, -0.2) is 128 Å². The molecule has 1 fully saturated rings. The number of nitrogens with one attached hydrogen (secondary N) is 2. The van der Waals surface area contributed by atoms with Crippen molar-refractivity contribution in [2.45, 2.75) is 63.8 Å². The van der Waals surface area contributed by atoms with Gasteiger partial charge in [-0.05, 0) is 19.1 Å². The van der Waals surface area contributed by atoms with Crippen molar-refractivity contribution in [1.29, 1.82) is 0 Å². The van der Waals surface area contributed by atoms with Crippen LogP contribution in [0.5, 0.6) is 0 Å². The van der Waals surface area contributed by atoms with E-state index in [0.29, 0.717) is 10.4 Å². The summed E-state index contributed by atoms with van der Waals surface area (Å²) in [5.41, 5.74) is 4.77. The summed E-state index contributed by atoms with van der Waals surface area (Å²) in [6, 6.07) is 12.2. The first-order valence-corrected chi connectivity index (χ1v) is 25.5. The molecule has 10 N–H and O–H groups in total. The van der Waals surface area contributed by atoms with Gasteiger partial charge in [0.2, 0.25) is 17.6 Å². The van der Waals surface area contributed by atoms with Crippen LogP contribution in [0.4, 0.5) is 5.82 Å². The Morgan fingerprint density at radius 2 is 1.68 bits per heavy atom. The molecule has 65 heavy (non-hydrogen) atoms. The largest absolute Gasteiger partial charge is 0.481 e. The Kier molecular flexibility index (Phi) is 17.5. The maximum Gasteiger partial charge on any atom is 0.481 e. The summed E-state index contributed by atoms with van der Waals surface area (Å²) in [7, 11) is -16.5. The Balaban J connectivity index is 1.02. The van der Waals surface area contributed by atoms with Crippen LogP contribution in [0.15, 0.2) is 55.1 Å². The van der Waals surface area contributed by atoms with Crippen LogP contribution in [0, 0.1) is 5.41 Å². The summed E-state index contributed by atoms with van der Waals surface area (Å²) in [5.74, 6) is -1.91. The number of hydrogen-bond donors (Lipinski definition) is 9. The summed E-state index contributed by atoms with van der Waals surface area (Å²) in [5, 5.41) is 26.4. The molecule has 8 unspecified atom stereocenters. The third-order valence-corrected chi connectivity index (χ3v) is 14.8. The number of rotatable bonds is 23. The van der Waals surface area contributed by atoms with E-state index in [-0.39, 0.29) is 53.1 Å². The number of imidazole rings is 1. The van der Waals surface area contributed by atoms with Gasteiger partial charge in [-0.1, -0.05) is 55.9 Å². The number of aliphatic hydroxyl groups excluding tert-OH is 2. The average Bonchev–Trinajstić information content (AvgIpc) is 3.98. The number of aromatic nitrogens is 4. The van der Waals surface area contributed by atoms with Crippen LogP contribution < -0.4 is 16.4 Å². The van der Waals surface area contributed by atoms with Crippen LogP contribution in [0.3, 0.4) is 0 Å². The highest BCUT2D eigenvalue weighted by atomic mass is 32.2. The molecule has 1 aliphatic heterocycles. The fourth-order valence-corrected chi connectivity index (χ4v) is 10.7. The number of amides is 2. The van der Waals surface area contributed by atoms with E-state index >= 15 is 0 Å². The quantitative estimate of drug-likeness (QED) is 0.0290. The predicted molar refractivity (Wildman–Crippen MR) is 230 cm³/mol. The molecule has 4 heterocycles. The van der Waals surface area contributed by atoms with Gasteiger partial charge in [0.1, 0.15) is 36.3 Å². The summed E-state index contributed by atoms with van der Waals surface area (Å²) in [6.45, 7) is 2.05. The highest BCUT2D eigenvalue weighted by molar-refractivity contribution is 8.13. The van der Waals surface area contributed by atoms with Gasteiger partial charge >= 0.3 is 23.5 Å². The molecule has 1 saturated heterocycles. The lowest BCUT2D eigenvalue weighted by Crippen LogP contribution is -2.46. The highest BCUT2D eigenvalue weighted by Gasteiger charge is 2.50. The molecule has 3 aromatic heterocycles. The molecule has 8 atom stereocenters. The van der Waals surface area contributed by atoms with Crippen LogP contribution in [0.1, 0.15) is 59.5 Å². The highest BCUT2D eigenvalue weighted by Crippen LogP contribution is 2.61. The summed E-state index contributed by atoms with van der Waals surface area (Å²) < 4.78 is 62.4. The first kappa shape index (κ1) is 52.1. The molecular weight excluding hydrogens is 963 g/mol. The van der Waals surface area contributed by atoms with Crippen LogP contribution in [0.25, 0.3) is 11.2 Å². The van der Waals surface area contributed by atoms with Crippen LogP contribution in [-0.2, 0) is 50.7 Å². The second-order valence-electron chi connectivity index (χ2n) is 14.9. The number of phosphoric ester groups is 3. The van der Waals surface area contributed by atoms with E-state index in [1.165, 1.54) is 25.2 Å². The summed E-state index contributed by atoms with van der Waals surface area (Å²) >= 11 is 2.25. The number of carbonyl (C=O) groups is 4. The van der Waals surface area contributed by atoms with E-state index in [2.05, 4.69) is 34.4 Å². The lowest BCUT2D eigenvalue weighted by molar-refractivity contribution is -0.137. The van der Waals surface area contributed by atoms with Gasteiger partial charge in [0, 0.05) is 41.1 Å². The maximum absolute atomic E-state index is 12.8. The molecule has 1 aliphatic rings. The molecule has 0 spiro atoms. The summed E-state index contributed by atoms with van der Waals surface area (Å²) in [4.78, 5) is 103. The number of aliphatic hydroxyl groups is 2. The minimum Gasteiger partial charge on any atom is -0.386 e. The number of nitrogens with zero attached hydrogens (tertiary/aromatic N) is 4. The number of thiophene rings is 1. The molecule has 2 amide bonds. The van der Waals surface area contributed by atoms with Gasteiger partial charge in [-0.25, -0.2) is 28.6 Å². The first-order chi connectivity index (χ1) is 30.4. The number of nitrogens with two attached hydrogens (primary N) is 1. The number of carbonyl (C=O) groups excluding carboxylic acids is 4. The predicted octanol–water partition coefficient (Wildman–Crippen LogP) is 1.76. The van der Waals surface area contributed by atoms with E-state index in [1.807, 2.05) is 6.07 Å². The van der Waals surface area contributed by atoms with Gasteiger partial charge in [0.15, 0.2) is 22.8 Å². The van der Waals surface area contributed by atoms with Crippen molar-refractivity contribution in [3.63, 3.8) is 0 Å². The zero-order valence-electron chi connectivity index (χ0n) is 34.5. The Morgan fingerprint density at radius 1 is 0.985 bits per heavy atom. The van der Waals surface area contributed by atoms with E-state index in [9.17, 15) is 62.7 Å². The standard InChI is InChI=1S/C35H46N7O18P3S2/c1-19(22-9-10-23(65-22)26(44)20-7-5-4-6-8-20)34(48)64-14-13-37-24(43)11-12-38-32(47)29(46)35(2,3)16-57-63(54,55)60-62(52,53)56-15-21-28(59-61(49,50)51)27(45)33(58-21)42-18-41-25-30(36)39-17-40-31(25)42/h4-10,17-19,21,27-29,33,45-46H,11-16H2,1-3H3,(H,37,43)(H,38,47)(H,52,53)(H,54,55)(H2,36,39,40)(H2,49,50,51). The van der Waals surface area contributed by atoms with Crippen LogP contribution in [0.2, 0.25) is 0 Å². The van der Waals surface area contributed by atoms with E-state index in [1.54, 1.807) is 43.3 Å². The maximum atomic E-state index is 12.8. The molecule has 356 valence electrons. The van der Waals surface area contributed by atoms with Crippen molar-refractivity contribution >= 4 is 86.3 Å². The molecule has 5 rings (SSSR count). The van der Waals surface area contributed by atoms with E-state index in [4.69, 9.17) is 19.5 Å². The molecule has 4 aromatic rings. The van der Waals surface area contributed by atoms with Crippen molar-refractivity contribution in [2.75, 3.05) is 37.8 Å². The van der Waals surface area contributed by atoms with E-state index in [0.717, 1.165) is 33.9 Å². The topological polar surface area (TPSA) is 381 Å².